The van der Waals surface area contributed by atoms with Gasteiger partial charge in [0.1, 0.15) is 11.9 Å². The molecular weight excluding hydrogens is 401 g/mol. The van der Waals surface area contributed by atoms with E-state index in [4.69, 9.17) is 17.3 Å². The summed E-state index contributed by atoms with van der Waals surface area (Å²) in [6, 6.07) is 12.5. The van der Waals surface area contributed by atoms with Crippen molar-refractivity contribution in [2.75, 3.05) is 11.1 Å². The first-order valence-electron chi connectivity index (χ1n) is 8.62. The molecule has 9 heteroatoms. The molecule has 0 saturated heterocycles. The lowest BCUT2D eigenvalue weighted by atomic mass is 10.2. The van der Waals surface area contributed by atoms with E-state index in [1.54, 1.807) is 4.57 Å². The van der Waals surface area contributed by atoms with E-state index in [9.17, 15) is 9.18 Å². The third-order valence-electron chi connectivity index (χ3n) is 4.12. The normalized spacial score (nSPS) is 12.0. The molecule has 0 saturated carbocycles. The quantitative estimate of drug-likeness (QED) is 0.549. The van der Waals surface area contributed by atoms with E-state index in [1.807, 2.05) is 31.2 Å². The summed E-state index contributed by atoms with van der Waals surface area (Å²) < 4.78 is 14.7. The lowest BCUT2D eigenvalue weighted by Crippen LogP contribution is -2.27. The summed E-state index contributed by atoms with van der Waals surface area (Å²) in [4.78, 5) is 12.8. The highest BCUT2D eigenvalue weighted by Crippen LogP contribution is 2.30. The third-order valence-corrected chi connectivity index (χ3v) is 5.48. The van der Waals surface area contributed by atoms with Gasteiger partial charge in [0, 0.05) is 16.5 Å². The van der Waals surface area contributed by atoms with Gasteiger partial charge in [-0.25, -0.2) is 4.39 Å². The first-order chi connectivity index (χ1) is 13.5. The molecule has 3 aromatic rings. The van der Waals surface area contributed by atoms with Crippen molar-refractivity contribution in [3.63, 3.8) is 0 Å². The fraction of sp³-hybridized carbons (Fsp3) is 0.211. The van der Waals surface area contributed by atoms with Crippen LogP contribution in [0.4, 0.5) is 16.0 Å². The number of aromatic nitrogens is 3. The minimum Gasteiger partial charge on any atom is -0.368 e. The average Bonchev–Trinajstić information content (AvgIpc) is 3.04. The van der Waals surface area contributed by atoms with Crippen molar-refractivity contribution in [2.45, 2.75) is 30.3 Å². The number of halogens is 2. The summed E-state index contributed by atoms with van der Waals surface area (Å²) in [7, 11) is 0. The fourth-order valence-corrected chi connectivity index (χ4v) is 3.96. The average molecular weight is 420 g/mol. The van der Waals surface area contributed by atoms with Crippen molar-refractivity contribution < 1.29 is 9.18 Å². The van der Waals surface area contributed by atoms with Crippen LogP contribution in [-0.4, -0.2) is 20.7 Å². The van der Waals surface area contributed by atoms with Crippen LogP contribution in [0, 0.1) is 5.82 Å². The molecule has 0 fully saturated rings. The Kier molecular flexibility index (Phi) is 6.53. The minimum absolute atomic E-state index is 0.155. The molecule has 1 unspecified atom stereocenters. The summed E-state index contributed by atoms with van der Waals surface area (Å²) >= 11 is 7.61. The second-order valence-corrected chi connectivity index (χ2v) is 7.36. The number of carbonyl (C=O) groups excluding carboxylic acids is 1. The second-order valence-electron chi connectivity index (χ2n) is 6.01. The van der Waals surface area contributed by atoms with Crippen LogP contribution in [0.3, 0.4) is 0 Å². The van der Waals surface area contributed by atoms with Gasteiger partial charge < -0.3 is 11.1 Å². The molecule has 1 aromatic heterocycles. The highest BCUT2D eigenvalue weighted by molar-refractivity contribution is 7.98. The molecule has 0 aliphatic heterocycles. The Hall–Kier alpha value is -2.58. The zero-order valence-corrected chi connectivity index (χ0v) is 16.7. The van der Waals surface area contributed by atoms with Crippen molar-refractivity contribution in [2.24, 2.45) is 0 Å². The number of thioether (sulfide) groups is 1. The molecule has 0 aliphatic rings. The third kappa shape index (κ3) is 4.63. The highest BCUT2D eigenvalue weighted by Gasteiger charge is 2.25. The number of anilines is 2. The predicted octanol–water partition coefficient (Wildman–Crippen LogP) is 4.53. The summed E-state index contributed by atoms with van der Waals surface area (Å²) in [6.45, 7) is 1.87. The van der Waals surface area contributed by atoms with Crippen LogP contribution in [0.5, 0.6) is 0 Å². The van der Waals surface area contributed by atoms with Crippen molar-refractivity contribution in [3.05, 3.63) is 64.9 Å². The van der Waals surface area contributed by atoms with Gasteiger partial charge in [-0.3, -0.25) is 9.36 Å². The van der Waals surface area contributed by atoms with Crippen LogP contribution in [0.25, 0.3) is 0 Å². The number of nitrogens with zero attached hydrogens (tertiary/aromatic N) is 3. The Bertz CT molecular complexity index is 963. The van der Waals surface area contributed by atoms with E-state index in [0.717, 1.165) is 5.56 Å². The van der Waals surface area contributed by atoms with Crippen molar-refractivity contribution in [1.82, 2.24) is 14.8 Å². The largest absolute Gasteiger partial charge is 0.368 e. The minimum atomic E-state index is -0.603. The van der Waals surface area contributed by atoms with Crippen molar-refractivity contribution in [1.29, 1.82) is 0 Å². The van der Waals surface area contributed by atoms with Gasteiger partial charge >= 0.3 is 0 Å². The van der Waals surface area contributed by atoms with E-state index in [2.05, 4.69) is 15.5 Å². The predicted molar refractivity (Wildman–Crippen MR) is 110 cm³/mol. The maximum absolute atomic E-state index is 13.1. The smallest absolute Gasteiger partial charge is 0.247 e. The second kappa shape index (κ2) is 9.07. The number of nitrogens with one attached hydrogen (secondary N) is 1. The fourth-order valence-electron chi connectivity index (χ4n) is 2.68. The molecule has 3 N–H and O–H groups in total. The van der Waals surface area contributed by atoms with Crippen molar-refractivity contribution in [3.8, 4) is 0 Å². The van der Waals surface area contributed by atoms with Gasteiger partial charge in [-0.2, -0.15) is 0 Å². The number of nitrogen functional groups attached to an aromatic ring is 1. The molecule has 3 rings (SSSR count). The Morgan fingerprint density at radius 1 is 1.25 bits per heavy atom. The zero-order chi connectivity index (χ0) is 20.1. The number of nitrogens with two attached hydrogens (primary N) is 1. The number of benzene rings is 2. The molecular formula is C19H19ClFN5OS. The van der Waals surface area contributed by atoms with Crippen LogP contribution < -0.4 is 11.1 Å². The first-order valence-corrected chi connectivity index (χ1v) is 9.99. The van der Waals surface area contributed by atoms with Gasteiger partial charge in [-0.15, -0.1) is 10.2 Å². The number of carbonyl (C=O) groups is 1. The number of hydrogen-bond donors (Lipinski definition) is 2. The van der Waals surface area contributed by atoms with Crippen molar-refractivity contribution >= 4 is 40.9 Å². The molecule has 1 heterocycles. The molecule has 0 spiro atoms. The number of hydrogen-bond acceptors (Lipinski definition) is 5. The van der Waals surface area contributed by atoms with Crippen LogP contribution in [-0.2, 0) is 10.5 Å². The van der Waals surface area contributed by atoms with E-state index in [0.29, 0.717) is 28.0 Å². The molecule has 6 nitrogen and oxygen atoms in total. The van der Waals surface area contributed by atoms with E-state index >= 15 is 0 Å². The summed E-state index contributed by atoms with van der Waals surface area (Å²) in [5.41, 5.74) is 7.44. The van der Waals surface area contributed by atoms with E-state index < -0.39 is 6.04 Å². The number of amides is 1. The van der Waals surface area contributed by atoms with Gasteiger partial charge in [0.15, 0.2) is 5.16 Å². The van der Waals surface area contributed by atoms with Crippen LogP contribution in [0.1, 0.15) is 24.9 Å². The SMILES string of the molecule is CCC(C(=O)Nc1ccc(F)cc1)n1c(N)nnc1SCc1ccccc1Cl. The first kappa shape index (κ1) is 20.2. The van der Waals surface area contributed by atoms with Gasteiger partial charge in [-0.05, 0) is 42.3 Å². The number of rotatable bonds is 7. The summed E-state index contributed by atoms with van der Waals surface area (Å²) in [5, 5.41) is 12.0. The Morgan fingerprint density at radius 3 is 2.64 bits per heavy atom. The molecule has 146 valence electrons. The highest BCUT2D eigenvalue weighted by atomic mass is 35.5. The van der Waals surface area contributed by atoms with Gasteiger partial charge in [0.2, 0.25) is 11.9 Å². The Labute approximate surface area is 171 Å². The Morgan fingerprint density at radius 2 is 1.96 bits per heavy atom. The lowest BCUT2D eigenvalue weighted by molar-refractivity contribution is -0.119. The lowest BCUT2D eigenvalue weighted by Gasteiger charge is -2.19. The van der Waals surface area contributed by atoms with Crippen LogP contribution in [0.15, 0.2) is 53.7 Å². The maximum atomic E-state index is 13.1. The topological polar surface area (TPSA) is 85.8 Å². The van der Waals surface area contributed by atoms with Crippen LogP contribution in [0.2, 0.25) is 5.02 Å². The van der Waals surface area contributed by atoms with Gasteiger partial charge in [-0.1, -0.05) is 48.5 Å². The van der Waals surface area contributed by atoms with Crippen LogP contribution >= 0.6 is 23.4 Å². The maximum Gasteiger partial charge on any atom is 0.247 e. The van der Waals surface area contributed by atoms with E-state index in [1.165, 1.54) is 36.0 Å². The monoisotopic (exact) mass is 419 g/mol. The summed E-state index contributed by atoms with van der Waals surface area (Å²) in [5.74, 6) is 0.0719. The molecule has 1 amide bonds. The molecule has 0 radical (unpaired) electrons. The van der Waals surface area contributed by atoms with E-state index in [-0.39, 0.29) is 17.7 Å². The molecule has 1 atom stereocenters. The van der Waals surface area contributed by atoms with Gasteiger partial charge in [0.25, 0.3) is 0 Å². The standard InChI is InChI=1S/C19H19ClFN5OS/c1-2-16(17(27)23-14-9-7-13(21)8-10-14)26-18(22)24-25-19(26)28-11-12-5-3-4-6-15(12)20/h3-10,16H,2,11H2,1H3,(H2,22,24)(H,23,27). The molecule has 0 aliphatic carbocycles. The molecule has 28 heavy (non-hydrogen) atoms. The Balaban J connectivity index is 1.78. The summed E-state index contributed by atoms with van der Waals surface area (Å²) in [6.07, 6.45) is 0.481. The molecule has 0 bridgehead atoms. The zero-order valence-electron chi connectivity index (χ0n) is 15.1. The molecule has 2 aromatic carbocycles. The van der Waals surface area contributed by atoms with Gasteiger partial charge in [0.05, 0.1) is 0 Å².